The molecule has 1 heterocycles. The quantitative estimate of drug-likeness (QED) is 0.809. The Bertz CT molecular complexity index is 704. The Morgan fingerprint density at radius 2 is 1.95 bits per heavy atom. The minimum absolute atomic E-state index is 0.107. The van der Waals surface area contributed by atoms with Gasteiger partial charge in [-0.3, -0.25) is 14.6 Å². The van der Waals surface area contributed by atoms with Crippen LogP contribution in [0.5, 0.6) is 5.75 Å². The number of pyridine rings is 1. The van der Waals surface area contributed by atoms with Crippen LogP contribution in [0.3, 0.4) is 0 Å². The van der Waals surface area contributed by atoms with Gasteiger partial charge < -0.3 is 15.7 Å². The molecule has 108 valence electrons. The van der Waals surface area contributed by atoms with Crippen molar-refractivity contribution in [3.63, 3.8) is 0 Å². The summed E-state index contributed by atoms with van der Waals surface area (Å²) in [6.45, 7) is 0. The Balaban J connectivity index is 2.24. The number of carbonyl (C=O) groups excluding carboxylic acids is 2. The molecule has 6 nitrogen and oxygen atoms in total. The van der Waals surface area contributed by atoms with E-state index in [-0.39, 0.29) is 27.8 Å². The van der Waals surface area contributed by atoms with Gasteiger partial charge in [-0.25, -0.2) is 0 Å². The molecule has 0 unspecified atom stereocenters. The van der Waals surface area contributed by atoms with Crippen molar-refractivity contribution in [1.29, 1.82) is 0 Å². The number of aromatic nitrogens is 1. The summed E-state index contributed by atoms with van der Waals surface area (Å²) in [5.41, 5.74) is 0.865. The topological polar surface area (TPSA) is 91.3 Å². The Hall–Kier alpha value is -2.60. The Morgan fingerprint density at radius 3 is 2.62 bits per heavy atom. The molecular weight excluding hydrogens is 294 g/mol. The van der Waals surface area contributed by atoms with Gasteiger partial charge >= 0.3 is 0 Å². The number of hydrogen-bond acceptors (Lipinski definition) is 4. The lowest BCUT2D eigenvalue weighted by Crippen LogP contribution is -2.19. The van der Waals surface area contributed by atoms with Crippen LogP contribution in [0.25, 0.3) is 0 Å². The van der Waals surface area contributed by atoms with Crippen molar-refractivity contribution >= 4 is 29.1 Å². The zero-order valence-electron chi connectivity index (χ0n) is 11.1. The maximum atomic E-state index is 12.0. The van der Waals surface area contributed by atoms with Gasteiger partial charge in [0.2, 0.25) is 0 Å². The van der Waals surface area contributed by atoms with E-state index in [1.54, 1.807) is 6.07 Å². The first kappa shape index (κ1) is 14.8. The number of halogens is 1. The highest BCUT2D eigenvalue weighted by Gasteiger charge is 2.12. The van der Waals surface area contributed by atoms with E-state index in [2.05, 4.69) is 15.6 Å². The van der Waals surface area contributed by atoms with Crippen LogP contribution in [0.4, 0.5) is 5.69 Å². The Morgan fingerprint density at radius 1 is 1.19 bits per heavy atom. The average molecular weight is 306 g/mol. The molecule has 2 aromatic rings. The third kappa shape index (κ3) is 3.49. The van der Waals surface area contributed by atoms with Crippen LogP contribution in [-0.2, 0) is 0 Å². The number of anilines is 1. The summed E-state index contributed by atoms with van der Waals surface area (Å²) in [6, 6.07) is 5.85. The second kappa shape index (κ2) is 6.23. The fraction of sp³-hybridized carbons (Fsp3) is 0.0714. The molecule has 2 rings (SSSR count). The molecule has 21 heavy (non-hydrogen) atoms. The smallest absolute Gasteiger partial charge is 0.257 e. The molecule has 0 aliphatic heterocycles. The van der Waals surface area contributed by atoms with Crippen LogP contribution >= 0.6 is 11.6 Å². The van der Waals surface area contributed by atoms with E-state index in [0.29, 0.717) is 5.69 Å². The summed E-state index contributed by atoms with van der Waals surface area (Å²) in [5.74, 6) is -0.913. The minimum atomic E-state index is -0.455. The van der Waals surface area contributed by atoms with Gasteiger partial charge in [0.05, 0.1) is 22.3 Å². The number of rotatable bonds is 3. The van der Waals surface area contributed by atoms with Crippen LogP contribution in [0.2, 0.25) is 5.02 Å². The first-order chi connectivity index (χ1) is 10.0. The van der Waals surface area contributed by atoms with Crippen molar-refractivity contribution in [2.75, 3.05) is 12.4 Å². The van der Waals surface area contributed by atoms with Crippen LogP contribution in [0.1, 0.15) is 20.7 Å². The van der Waals surface area contributed by atoms with Crippen LogP contribution in [-0.4, -0.2) is 29.0 Å². The first-order valence-electron chi connectivity index (χ1n) is 5.98. The Kier molecular flexibility index (Phi) is 4.39. The highest BCUT2D eigenvalue weighted by atomic mass is 35.5. The molecule has 0 atom stereocenters. The maximum Gasteiger partial charge on any atom is 0.257 e. The van der Waals surface area contributed by atoms with Crippen molar-refractivity contribution in [2.45, 2.75) is 0 Å². The zero-order valence-corrected chi connectivity index (χ0v) is 11.8. The largest absolute Gasteiger partial charge is 0.506 e. The fourth-order valence-corrected chi connectivity index (χ4v) is 1.87. The fourth-order valence-electron chi connectivity index (χ4n) is 1.67. The molecule has 3 N–H and O–H groups in total. The monoisotopic (exact) mass is 305 g/mol. The van der Waals surface area contributed by atoms with E-state index in [9.17, 15) is 14.7 Å². The van der Waals surface area contributed by atoms with E-state index in [1.807, 2.05) is 0 Å². The number of amides is 2. The summed E-state index contributed by atoms with van der Waals surface area (Å²) in [4.78, 5) is 27.4. The normalized spacial score (nSPS) is 10.0. The van der Waals surface area contributed by atoms with Crippen molar-refractivity contribution in [2.24, 2.45) is 0 Å². The summed E-state index contributed by atoms with van der Waals surface area (Å²) >= 11 is 5.93. The predicted octanol–water partition coefficient (Wildman–Crippen LogP) is 2.05. The molecular formula is C14H12ClN3O3. The molecule has 1 aromatic heterocycles. The lowest BCUT2D eigenvalue weighted by molar-refractivity contribution is 0.0961. The summed E-state index contributed by atoms with van der Waals surface area (Å²) in [6.07, 6.45) is 2.55. The maximum absolute atomic E-state index is 12.0. The van der Waals surface area contributed by atoms with Gasteiger partial charge in [-0.15, -0.1) is 0 Å². The van der Waals surface area contributed by atoms with E-state index in [0.717, 1.165) is 0 Å². The van der Waals surface area contributed by atoms with Gasteiger partial charge in [-0.1, -0.05) is 11.6 Å². The second-order valence-electron chi connectivity index (χ2n) is 4.16. The molecule has 0 spiro atoms. The Labute approximate surface area is 125 Å². The number of aromatic hydroxyl groups is 1. The number of nitrogens with zero attached hydrogens (tertiary/aromatic N) is 1. The zero-order chi connectivity index (χ0) is 15.4. The average Bonchev–Trinajstić information content (AvgIpc) is 2.48. The number of carbonyl (C=O) groups is 2. The van der Waals surface area contributed by atoms with Gasteiger partial charge in [0, 0.05) is 18.9 Å². The highest BCUT2D eigenvalue weighted by molar-refractivity contribution is 6.34. The number of benzene rings is 1. The second-order valence-corrected chi connectivity index (χ2v) is 4.57. The SMILES string of the molecule is CNC(=O)c1cc(NC(=O)c2cncc(O)c2)ccc1Cl. The van der Waals surface area contributed by atoms with E-state index in [4.69, 9.17) is 11.6 Å². The molecule has 0 fully saturated rings. The molecule has 0 saturated heterocycles. The van der Waals surface area contributed by atoms with Gasteiger partial charge in [0.1, 0.15) is 5.75 Å². The number of hydrogen-bond donors (Lipinski definition) is 3. The lowest BCUT2D eigenvalue weighted by Gasteiger charge is -2.08. The van der Waals surface area contributed by atoms with Crippen molar-refractivity contribution in [3.8, 4) is 5.75 Å². The van der Waals surface area contributed by atoms with Gasteiger partial charge in [-0.05, 0) is 24.3 Å². The summed E-state index contributed by atoms with van der Waals surface area (Å²) in [7, 11) is 1.49. The minimum Gasteiger partial charge on any atom is -0.506 e. The molecule has 2 amide bonds. The number of nitrogens with one attached hydrogen (secondary N) is 2. The van der Waals surface area contributed by atoms with Gasteiger partial charge in [-0.2, -0.15) is 0 Å². The van der Waals surface area contributed by atoms with E-state index >= 15 is 0 Å². The third-order valence-electron chi connectivity index (χ3n) is 2.68. The predicted molar refractivity (Wildman–Crippen MR) is 78.7 cm³/mol. The lowest BCUT2D eigenvalue weighted by atomic mass is 10.1. The first-order valence-corrected chi connectivity index (χ1v) is 6.36. The van der Waals surface area contributed by atoms with E-state index < -0.39 is 5.91 Å². The van der Waals surface area contributed by atoms with Gasteiger partial charge in [0.25, 0.3) is 11.8 Å². The third-order valence-corrected chi connectivity index (χ3v) is 3.01. The van der Waals surface area contributed by atoms with Crippen LogP contribution < -0.4 is 10.6 Å². The standard InChI is InChI=1S/C14H12ClN3O3/c1-16-14(21)11-5-9(2-3-12(11)15)18-13(20)8-4-10(19)7-17-6-8/h2-7,19H,1H3,(H,16,21)(H,18,20). The molecule has 0 radical (unpaired) electrons. The van der Waals surface area contributed by atoms with Crippen molar-refractivity contribution in [1.82, 2.24) is 10.3 Å². The molecule has 1 aromatic carbocycles. The molecule has 0 bridgehead atoms. The molecule has 7 heteroatoms. The summed E-state index contributed by atoms with van der Waals surface area (Å²) < 4.78 is 0. The highest BCUT2D eigenvalue weighted by Crippen LogP contribution is 2.21. The van der Waals surface area contributed by atoms with Crippen LogP contribution in [0, 0.1) is 0 Å². The van der Waals surface area contributed by atoms with Crippen LogP contribution in [0.15, 0.2) is 36.7 Å². The van der Waals surface area contributed by atoms with E-state index in [1.165, 1.54) is 37.6 Å². The van der Waals surface area contributed by atoms with Gasteiger partial charge in [0.15, 0.2) is 0 Å². The molecule has 0 aliphatic rings. The molecule has 0 aliphatic carbocycles. The summed E-state index contributed by atoms with van der Waals surface area (Å²) in [5, 5.41) is 14.7. The van der Waals surface area contributed by atoms with Crippen molar-refractivity contribution < 1.29 is 14.7 Å². The van der Waals surface area contributed by atoms with Crippen molar-refractivity contribution in [3.05, 3.63) is 52.8 Å². The molecule has 0 saturated carbocycles.